The van der Waals surface area contributed by atoms with Crippen LogP contribution >= 0.6 is 11.6 Å². The Morgan fingerprint density at radius 2 is 1.96 bits per heavy atom. The van der Waals surface area contributed by atoms with Crippen LogP contribution in [0.5, 0.6) is 0 Å². The number of oxazole rings is 1. The average Bonchev–Trinajstić information content (AvgIpc) is 3.09. The van der Waals surface area contributed by atoms with Gasteiger partial charge in [-0.05, 0) is 37.1 Å². The molecule has 1 aliphatic heterocycles. The third kappa shape index (κ3) is 5.54. The van der Waals surface area contributed by atoms with Gasteiger partial charge in [-0.3, -0.25) is 4.79 Å². The molecule has 9 heteroatoms. The number of aryl methyl sites for hydroxylation is 1. The minimum atomic E-state index is -3.15. The predicted molar refractivity (Wildman–Crippen MR) is 103 cm³/mol. The quantitative estimate of drug-likeness (QED) is 0.788. The lowest BCUT2D eigenvalue weighted by atomic mass is 10.1. The first kappa shape index (κ1) is 19.9. The highest BCUT2D eigenvalue weighted by molar-refractivity contribution is 7.88. The molecule has 1 N–H and O–H groups in total. The Morgan fingerprint density at radius 1 is 1.30 bits per heavy atom. The molecule has 2 heterocycles. The van der Waals surface area contributed by atoms with Gasteiger partial charge in [0.25, 0.3) is 0 Å². The predicted octanol–water partition coefficient (Wildman–Crippen LogP) is 2.47. The first-order valence-electron chi connectivity index (χ1n) is 8.76. The van der Waals surface area contributed by atoms with Crippen molar-refractivity contribution in [1.29, 1.82) is 0 Å². The minimum Gasteiger partial charge on any atom is -0.441 e. The van der Waals surface area contributed by atoms with Crippen LogP contribution in [-0.4, -0.2) is 49.0 Å². The van der Waals surface area contributed by atoms with Crippen molar-refractivity contribution in [1.82, 2.24) is 14.6 Å². The highest BCUT2D eigenvalue weighted by Crippen LogP contribution is 2.22. The van der Waals surface area contributed by atoms with E-state index >= 15 is 0 Å². The molecule has 0 atom stereocenters. The van der Waals surface area contributed by atoms with Gasteiger partial charge in [0.2, 0.25) is 15.9 Å². The van der Waals surface area contributed by atoms with Crippen molar-refractivity contribution in [2.45, 2.75) is 31.7 Å². The second kappa shape index (κ2) is 8.41. The Labute approximate surface area is 163 Å². The van der Waals surface area contributed by atoms with Gasteiger partial charge < -0.3 is 9.73 Å². The second-order valence-electron chi connectivity index (χ2n) is 6.63. The van der Waals surface area contributed by atoms with E-state index < -0.39 is 10.0 Å². The van der Waals surface area contributed by atoms with Crippen molar-refractivity contribution >= 4 is 27.5 Å². The standard InChI is InChI=1S/C18H22ClN3O4S/c1-27(24,25)22-10-8-15(9-11-22)21-17(23)6-7-18-20-12-16(26-18)13-2-4-14(19)5-3-13/h2-5,12,15H,6-11H2,1H3,(H,21,23). The van der Waals surface area contributed by atoms with Crippen LogP contribution in [0.4, 0.5) is 0 Å². The van der Waals surface area contributed by atoms with E-state index in [2.05, 4.69) is 10.3 Å². The molecular formula is C18H22ClN3O4S. The molecule has 146 valence electrons. The molecule has 0 unspecified atom stereocenters. The lowest BCUT2D eigenvalue weighted by Crippen LogP contribution is -2.46. The first-order valence-corrected chi connectivity index (χ1v) is 11.0. The zero-order valence-electron chi connectivity index (χ0n) is 15.0. The van der Waals surface area contributed by atoms with Crippen LogP contribution in [0.3, 0.4) is 0 Å². The number of hydrogen-bond donors (Lipinski definition) is 1. The van der Waals surface area contributed by atoms with Gasteiger partial charge in [-0.25, -0.2) is 17.7 Å². The zero-order valence-corrected chi connectivity index (χ0v) is 16.6. The second-order valence-corrected chi connectivity index (χ2v) is 9.05. The molecule has 0 spiro atoms. The summed E-state index contributed by atoms with van der Waals surface area (Å²) in [7, 11) is -3.15. The summed E-state index contributed by atoms with van der Waals surface area (Å²) in [5.74, 6) is 1.05. The fraction of sp³-hybridized carbons (Fsp3) is 0.444. The van der Waals surface area contributed by atoms with E-state index in [1.807, 2.05) is 12.1 Å². The van der Waals surface area contributed by atoms with E-state index in [-0.39, 0.29) is 18.4 Å². The number of hydrogen-bond acceptors (Lipinski definition) is 5. The number of carbonyl (C=O) groups excluding carboxylic acids is 1. The summed E-state index contributed by atoms with van der Waals surface area (Å²) < 4.78 is 30.2. The summed E-state index contributed by atoms with van der Waals surface area (Å²) in [6, 6.07) is 7.26. The number of carbonyl (C=O) groups is 1. The van der Waals surface area contributed by atoms with Crippen LogP contribution in [-0.2, 0) is 21.2 Å². The Hall–Kier alpha value is -1.90. The van der Waals surface area contributed by atoms with Crippen molar-refractivity contribution in [3.63, 3.8) is 0 Å². The number of halogens is 1. The fourth-order valence-electron chi connectivity index (χ4n) is 3.03. The van der Waals surface area contributed by atoms with Gasteiger partial charge in [-0.2, -0.15) is 0 Å². The molecule has 1 aromatic carbocycles. The van der Waals surface area contributed by atoms with Crippen molar-refractivity contribution in [3.8, 4) is 11.3 Å². The molecule has 3 rings (SSSR count). The highest BCUT2D eigenvalue weighted by Gasteiger charge is 2.25. The molecule has 2 aromatic rings. The molecule has 7 nitrogen and oxygen atoms in total. The number of amides is 1. The Balaban J connectivity index is 1.45. The van der Waals surface area contributed by atoms with E-state index in [0.29, 0.717) is 49.0 Å². The van der Waals surface area contributed by atoms with Crippen molar-refractivity contribution < 1.29 is 17.6 Å². The zero-order chi connectivity index (χ0) is 19.4. The van der Waals surface area contributed by atoms with E-state index in [1.54, 1.807) is 18.3 Å². The number of benzene rings is 1. The van der Waals surface area contributed by atoms with Gasteiger partial charge in [0, 0.05) is 42.6 Å². The molecule has 1 saturated heterocycles. The lowest BCUT2D eigenvalue weighted by molar-refractivity contribution is -0.122. The summed E-state index contributed by atoms with van der Waals surface area (Å²) in [6.07, 6.45) is 4.77. The van der Waals surface area contributed by atoms with Crippen LogP contribution in [0.15, 0.2) is 34.9 Å². The van der Waals surface area contributed by atoms with Crippen molar-refractivity contribution in [2.75, 3.05) is 19.3 Å². The van der Waals surface area contributed by atoms with Crippen molar-refractivity contribution in [2.24, 2.45) is 0 Å². The van der Waals surface area contributed by atoms with Crippen LogP contribution in [0, 0.1) is 0 Å². The van der Waals surface area contributed by atoms with E-state index in [9.17, 15) is 13.2 Å². The summed E-state index contributed by atoms with van der Waals surface area (Å²) in [5.41, 5.74) is 0.875. The number of sulfonamides is 1. The monoisotopic (exact) mass is 411 g/mol. The smallest absolute Gasteiger partial charge is 0.220 e. The molecule has 1 amide bonds. The SMILES string of the molecule is CS(=O)(=O)N1CCC(NC(=O)CCc2ncc(-c3ccc(Cl)cc3)o2)CC1. The van der Waals surface area contributed by atoms with Gasteiger partial charge in [-0.15, -0.1) is 0 Å². The maximum Gasteiger partial charge on any atom is 0.220 e. The molecule has 1 aromatic heterocycles. The molecule has 0 bridgehead atoms. The maximum absolute atomic E-state index is 12.2. The molecule has 1 aliphatic rings. The summed E-state index contributed by atoms with van der Waals surface area (Å²) in [4.78, 5) is 16.4. The molecule has 0 radical (unpaired) electrons. The first-order chi connectivity index (χ1) is 12.8. The van der Waals surface area contributed by atoms with Gasteiger partial charge in [-0.1, -0.05) is 11.6 Å². The normalized spacial score (nSPS) is 16.4. The lowest BCUT2D eigenvalue weighted by Gasteiger charge is -2.30. The maximum atomic E-state index is 12.2. The minimum absolute atomic E-state index is 0.00434. The molecule has 0 aliphatic carbocycles. The largest absolute Gasteiger partial charge is 0.441 e. The Morgan fingerprint density at radius 3 is 2.59 bits per heavy atom. The molecular weight excluding hydrogens is 390 g/mol. The summed E-state index contributed by atoms with van der Waals surface area (Å²) >= 11 is 5.88. The molecule has 0 saturated carbocycles. The van der Waals surface area contributed by atoms with E-state index in [1.165, 1.54) is 10.6 Å². The number of nitrogens with one attached hydrogen (secondary N) is 1. The van der Waals surface area contributed by atoms with Gasteiger partial charge >= 0.3 is 0 Å². The number of aromatic nitrogens is 1. The molecule has 27 heavy (non-hydrogen) atoms. The number of nitrogens with zero attached hydrogens (tertiary/aromatic N) is 2. The third-order valence-corrected chi connectivity index (χ3v) is 6.09. The van der Waals surface area contributed by atoms with Gasteiger partial charge in [0.05, 0.1) is 12.5 Å². The fourth-order valence-corrected chi connectivity index (χ4v) is 4.03. The van der Waals surface area contributed by atoms with Crippen molar-refractivity contribution in [3.05, 3.63) is 41.4 Å². The Bertz CT molecular complexity index is 888. The topological polar surface area (TPSA) is 92.5 Å². The summed E-state index contributed by atoms with van der Waals surface area (Å²) in [5, 5.41) is 3.61. The van der Waals surface area contributed by atoms with Gasteiger partial charge in [0.15, 0.2) is 11.7 Å². The highest BCUT2D eigenvalue weighted by atomic mass is 35.5. The van der Waals surface area contributed by atoms with Crippen LogP contribution in [0.1, 0.15) is 25.2 Å². The van der Waals surface area contributed by atoms with E-state index in [4.69, 9.17) is 16.0 Å². The summed E-state index contributed by atoms with van der Waals surface area (Å²) in [6.45, 7) is 0.877. The Kier molecular flexibility index (Phi) is 6.18. The van der Waals surface area contributed by atoms with Crippen LogP contribution < -0.4 is 5.32 Å². The third-order valence-electron chi connectivity index (χ3n) is 4.54. The van der Waals surface area contributed by atoms with E-state index in [0.717, 1.165) is 5.56 Å². The van der Waals surface area contributed by atoms with Gasteiger partial charge in [0.1, 0.15) is 0 Å². The number of piperidine rings is 1. The molecule has 1 fully saturated rings. The van der Waals surface area contributed by atoms with Crippen LogP contribution in [0.25, 0.3) is 11.3 Å². The van der Waals surface area contributed by atoms with Crippen LogP contribution in [0.2, 0.25) is 5.02 Å². The number of rotatable bonds is 6. The average molecular weight is 412 g/mol.